The summed E-state index contributed by atoms with van der Waals surface area (Å²) in [5, 5.41) is 3.29. The van der Waals surface area contributed by atoms with Crippen LogP contribution in [0.3, 0.4) is 0 Å². The van der Waals surface area contributed by atoms with Gasteiger partial charge in [0.15, 0.2) is 11.0 Å². The largest absolute Gasteiger partial charge is 0.480 e. The molecule has 0 aliphatic carbocycles. The Kier molecular flexibility index (Phi) is 5.69. The van der Waals surface area contributed by atoms with Gasteiger partial charge in [-0.15, -0.1) is 0 Å². The summed E-state index contributed by atoms with van der Waals surface area (Å²) in [6.45, 7) is 1.02. The summed E-state index contributed by atoms with van der Waals surface area (Å²) in [6, 6.07) is 3.47. The quantitative estimate of drug-likeness (QED) is 0.549. The molecule has 3 N–H and O–H groups in total. The summed E-state index contributed by atoms with van der Waals surface area (Å²) in [6.07, 6.45) is 6.60. The summed E-state index contributed by atoms with van der Waals surface area (Å²) >= 11 is 1.48. The molecule has 0 spiro atoms. The molecule has 0 bridgehead atoms. The molecule has 5 heterocycles. The normalized spacial score (nSPS) is 21.5. The summed E-state index contributed by atoms with van der Waals surface area (Å²) in [5.41, 5.74) is 6.70. The summed E-state index contributed by atoms with van der Waals surface area (Å²) in [4.78, 5) is 40.3. The van der Waals surface area contributed by atoms with Gasteiger partial charge in [0, 0.05) is 30.1 Å². The van der Waals surface area contributed by atoms with E-state index in [1.807, 2.05) is 4.90 Å². The first-order valence-electron chi connectivity index (χ1n) is 10.3. The van der Waals surface area contributed by atoms with Crippen molar-refractivity contribution in [2.75, 3.05) is 36.2 Å². The second-order valence-corrected chi connectivity index (χ2v) is 8.83. The first kappa shape index (κ1) is 21.9. The van der Waals surface area contributed by atoms with Crippen LogP contribution in [0, 0.1) is 11.7 Å². The maximum absolute atomic E-state index is 13.3. The van der Waals surface area contributed by atoms with E-state index in [0.717, 1.165) is 18.1 Å². The zero-order valence-electron chi connectivity index (χ0n) is 18.1. The van der Waals surface area contributed by atoms with Gasteiger partial charge in [0.1, 0.15) is 11.2 Å². The maximum Gasteiger partial charge on any atom is 0.275 e. The predicted molar refractivity (Wildman–Crippen MR) is 124 cm³/mol. The van der Waals surface area contributed by atoms with Crippen molar-refractivity contribution in [3.63, 3.8) is 0 Å². The molecule has 2 aliphatic heterocycles. The lowest BCUT2D eigenvalue weighted by atomic mass is 9.85. The molecule has 13 heteroatoms. The lowest BCUT2D eigenvalue weighted by molar-refractivity contribution is 0.102. The summed E-state index contributed by atoms with van der Waals surface area (Å²) in [5.74, 6) is 0.596. The third-order valence-electron chi connectivity index (χ3n) is 5.71. The first-order chi connectivity index (χ1) is 16.5. The first-order valence-corrected chi connectivity index (χ1v) is 11.3. The Hall–Kier alpha value is -3.87. The lowest BCUT2D eigenvalue weighted by Gasteiger charge is -2.33. The van der Waals surface area contributed by atoms with Crippen molar-refractivity contribution in [1.82, 2.24) is 24.9 Å². The van der Waals surface area contributed by atoms with Gasteiger partial charge < -0.3 is 20.7 Å². The maximum atomic E-state index is 13.3. The number of halogens is 1. The second kappa shape index (κ2) is 8.82. The number of pyridine rings is 1. The number of ether oxygens (including phenoxy) is 1. The van der Waals surface area contributed by atoms with Gasteiger partial charge in [0.25, 0.3) is 5.91 Å². The van der Waals surface area contributed by atoms with Crippen LogP contribution >= 0.6 is 11.8 Å². The highest BCUT2D eigenvalue weighted by molar-refractivity contribution is 8.13. The molecule has 3 aromatic heterocycles. The minimum Gasteiger partial charge on any atom is -0.480 e. The fourth-order valence-electron chi connectivity index (χ4n) is 4.08. The molecule has 174 valence electrons. The van der Waals surface area contributed by atoms with Crippen molar-refractivity contribution >= 4 is 34.5 Å². The van der Waals surface area contributed by atoms with Gasteiger partial charge in [-0.1, -0.05) is 11.8 Å². The Bertz CT molecular complexity index is 1240. The molecular weight excluding hydrogens is 461 g/mol. The number of hydrogen-bond donors (Lipinski definition) is 2. The van der Waals surface area contributed by atoms with Crippen LogP contribution in [0.4, 0.5) is 16.0 Å². The van der Waals surface area contributed by atoms with Crippen LogP contribution in [0.1, 0.15) is 16.2 Å². The highest BCUT2D eigenvalue weighted by atomic mass is 32.2. The van der Waals surface area contributed by atoms with Crippen LogP contribution in [-0.4, -0.2) is 61.9 Å². The average Bonchev–Trinajstić information content (AvgIpc) is 3.24. The van der Waals surface area contributed by atoms with Crippen LogP contribution in [0.2, 0.25) is 0 Å². The molecular formula is C21H20FN9O2S. The lowest BCUT2D eigenvalue weighted by Crippen LogP contribution is -2.40. The van der Waals surface area contributed by atoms with E-state index in [9.17, 15) is 9.18 Å². The molecule has 34 heavy (non-hydrogen) atoms. The number of nitrogens with zero attached hydrogens (tertiary/aromatic N) is 7. The molecule has 11 nitrogen and oxygen atoms in total. The Labute approximate surface area is 198 Å². The Morgan fingerprint density at radius 3 is 2.79 bits per heavy atom. The second-order valence-electron chi connectivity index (χ2n) is 7.79. The minimum atomic E-state index is -0.756. The zero-order valence-corrected chi connectivity index (χ0v) is 18.9. The molecule has 3 aromatic rings. The molecule has 1 fully saturated rings. The predicted octanol–water partition coefficient (Wildman–Crippen LogP) is 1.45. The van der Waals surface area contributed by atoms with Gasteiger partial charge in [-0.3, -0.25) is 9.78 Å². The highest BCUT2D eigenvalue weighted by Gasteiger charge is 2.51. The van der Waals surface area contributed by atoms with Gasteiger partial charge in [0.2, 0.25) is 11.8 Å². The van der Waals surface area contributed by atoms with Crippen molar-refractivity contribution in [2.45, 2.75) is 5.54 Å². The zero-order chi connectivity index (χ0) is 23.7. The number of hydrogen-bond acceptors (Lipinski definition) is 11. The van der Waals surface area contributed by atoms with E-state index in [0.29, 0.717) is 41.5 Å². The van der Waals surface area contributed by atoms with Crippen LogP contribution in [-0.2, 0) is 5.54 Å². The Balaban J connectivity index is 1.44. The SMILES string of the molecule is COc1cnc(C(=O)Nc2ccnc(C34CN(c5ncc(F)cn5)CC3CSC(N)=N4)c2)cn1. The molecule has 0 saturated carbocycles. The number of rotatable bonds is 5. The number of nitrogens with two attached hydrogens (primary N) is 1. The number of carbonyl (C=O) groups is 1. The fraction of sp³-hybridized carbons (Fsp3) is 0.286. The van der Waals surface area contributed by atoms with E-state index in [1.165, 1.54) is 31.3 Å². The van der Waals surface area contributed by atoms with Crippen molar-refractivity contribution in [3.05, 3.63) is 60.3 Å². The van der Waals surface area contributed by atoms with Crippen molar-refractivity contribution < 1.29 is 13.9 Å². The Morgan fingerprint density at radius 2 is 2.06 bits per heavy atom. The standard InChI is InChI=1S/C21H20FN9O2S/c1-33-17-8-25-15(7-26-17)18(32)29-14-2-3-24-16(4-14)21-11-31(20-27-5-13(22)6-28-20)9-12(21)10-34-19(23)30-21/h2-8,12H,9-11H2,1H3,(H2,23,30)(H,24,29,32). The topological polar surface area (TPSA) is 144 Å². The van der Waals surface area contributed by atoms with Crippen LogP contribution < -0.4 is 20.7 Å². The Morgan fingerprint density at radius 1 is 1.24 bits per heavy atom. The van der Waals surface area contributed by atoms with Crippen molar-refractivity contribution in [1.29, 1.82) is 0 Å². The highest BCUT2D eigenvalue weighted by Crippen LogP contribution is 2.45. The number of anilines is 2. The third kappa shape index (κ3) is 4.09. The van der Waals surface area contributed by atoms with Gasteiger partial charge in [-0.05, 0) is 12.1 Å². The molecule has 0 radical (unpaired) electrons. The van der Waals surface area contributed by atoms with Crippen LogP contribution in [0.5, 0.6) is 5.88 Å². The number of thioether (sulfide) groups is 1. The number of methoxy groups -OCH3 is 1. The van der Waals surface area contributed by atoms with Gasteiger partial charge in [-0.2, -0.15) is 0 Å². The number of aromatic nitrogens is 5. The van der Waals surface area contributed by atoms with Crippen molar-refractivity contribution in [3.8, 4) is 5.88 Å². The molecule has 2 unspecified atom stereocenters. The molecule has 1 amide bonds. The van der Waals surface area contributed by atoms with E-state index >= 15 is 0 Å². The van der Waals surface area contributed by atoms with E-state index in [2.05, 4.69) is 30.2 Å². The van der Waals surface area contributed by atoms with Gasteiger partial charge in [-0.25, -0.2) is 29.3 Å². The average molecular weight is 482 g/mol. The van der Waals surface area contributed by atoms with E-state index in [-0.39, 0.29) is 11.6 Å². The van der Waals surface area contributed by atoms with Crippen LogP contribution in [0.25, 0.3) is 0 Å². The van der Waals surface area contributed by atoms with E-state index < -0.39 is 17.3 Å². The van der Waals surface area contributed by atoms with Crippen LogP contribution in [0.15, 0.2) is 48.1 Å². The van der Waals surface area contributed by atoms with Gasteiger partial charge >= 0.3 is 0 Å². The number of amidine groups is 1. The third-order valence-corrected chi connectivity index (χ3v) is 6.67. The smallest absolute Gasteiger partial charge is 0.275 e. The fourth-order valence-corrected chi connectivity index (χ4v) is 5.06. The number of fused-ring (bicyclic) bond motifs is 1. The number of carbonyl (C=O) groups excluding carboxylic acids is 1. The molecule has 1 saturated heterocycles. The number of amides is 1. The molecule has 2 aliphatic rings. The van der Waals surface area contributed by atoms with E-state index in [4.69, 9.17) is 15.5 Å². The monoisotopic (exact) mass is 481 g/mol. The summed E-state index contributed by atoms with van der Waals surface area (Å²) in [7, 11) is 1.47. The number of nitrogens with one attached hydrogen (secondary N) is 1. The number of aliphatic imine (C=N–C) groups is 1. The molecule has 0 aromatic carbocycles. The molecule has 5 rings (SSSR count). The molecule has 2 atom stereocenters. The minimum absolute atomic E-state index is 0.0596. The van der Waals surface area contributed by atoms with E-state index in [1.54, 1.807) is 18.3 Å². The van der Waals surface area contributed by atoms with Gasteiger partial charge in [0.05, 0.1) is 44.1 Å². The van der Waals surface area contributed by atoms with Crippen molar-refractivity contribution in [2.24, 2.45) is 16.6 Å². The summed E-state index contributed by atoms with van der Waals surface area (Å²) < 4.78 is 18.3.